The minimum atomic E-state index is -3.51. The Kier molecular flexibility index (Phi) is 4.51. The summed E-state index contributed by atoms with van der Waals surface area (Å²) in [5, 5.41) is 11.0. The Morgan fingerprint density at radius 1 is 1.69 bits per heavy atom. The van der Waals surface area contributed by atoms with Gasteiger partial charge in [0.2, 0.25) is 0 Å². The molecule has 1 atom stereocenters. The van der Waals surface area contributed by atoms with E-state index in [1.54, 1.807) is 0 Å². The van der Waals surface area contributed by atoms with Crippen molar-refractivity contribution < 1.29 is 13.6 Å². The number of piperidine rings is 1. The Morgan fingerprint density at radius 2 is 2.38 bits per heavy atom. The number of hydrogen-bond donors (Lipinski definition) is 3. The molecule has 0 bridgehead atoms. The van der Waals surface area contributed by atoms with Gasteiger partial charge < -0.3 is 10.9 Å². The van der Waals surface area contributed by atoms with E-state index in [1.165, 1.54) is 4.31 Å². The second-order valence-electron chi connectivity index (χ2n) is 4.02. The lowest BCUT2D eigenvalue weighted by Gasteiger charge is -2.29. The molecule has 0 aromatic heterocycles. The first-order valence-corrected chi connectivity index (χ1v) is 6.61. The summed E-state index contributed by atoms with van der Waals surface area (Å²) in [5.74, 6) is 0.211. The van der Waals surface area contributed by atoms with Crippen LogP contribution in [0, 0.1) is 5.92 Å². The molecular weight excluding hydrogens is 232 g/mol. The summed E-state index contributed by atoms with van der Waals surface area (Å²) in [7, 11) is -3.51. The highest BCUT2D eigenvalue weighted by Gasteiger charge is 2.26. The predicted molar refractivity (Wildman–Crippen MR) is 60.3 cm³/mol. The number of nitrogens with one attached hydrogen (secondary N) is 1. The molecule has 4 N–H and O–H groups in total. The maximum atomic E-state index is 11.8. The van der Waals surface area contributed by atoms with Gasteiger partial charge in [-0.1, -0.05) is 12.1 Å². The van der Waals surface area contributed by atoms with Crippen molar-refractivity contribution in [1.82, 2.24) is 9.03 Å². The summed E-state index contributed by atoms with van der Waals surface area (Å²) in [6.07, 6.45) is 1.91. The number of amidine groups is 1. The molecule has 1 saturated heterocycles. The third-order valence-electron chi connectivity index (χ3n) is 2.52. The second kappa shape index (κ2) is 5.46. The minimum Gasteiger partial charge on any atom is -0.409 e. The molecule has 1 unspecified atom stereocenters. The standard InChI is InChI=1S/C8H18N4O3S/c1-7-3-2-4-12(6-7)16(14,15)10-5-8(9)11-13/h7,10,13H,2-6H2,1H3,(H2,9,11). The largest absolute Gasteiger partial charge is 0.409 e. The topological polar surface area (TPSA) is 108 Å². The minimum absolute atomic E-state index is 0.159. The van der Waals surface area contributed by atoms with E-state index in [4.69, 9.17) is 10.9 Å². The quantitative estimate of drug-likeness (QED) is 0.265. The molecule has 1 heterocycles. The Balaban J connectivity index is 2.56. The zero-order valence-electron chi connectivity index (χ0n) is 9.26. The molecule has 1 rings (SSSR count). The van der Waals surface area contributed by atoms with E-state index in [-0.39, 0.29) is 12.4 Å². The Hall–Kier alpha value is -0.860. The lowest BCUT2D eigenvalue weighted by molar-refractivity contribution is 0.278. The first-order valence-electron chi connectivity index (χ1n) is 5.17. The molecule has 1 aliphatic heterocycles. The van der Waals surface area contributed by atoms with Gasteiger partial charge in [0, 0.05) is 13.1 Å². The van der Waals surface area contributed by atoms with Crippen molar-refractivity contribution in [1.29, 1.82) is 0 Å². The first-order chi connectivity index (χ1) is 7.45. The number of nitrogens with zero attached hydrogens (tertiary/aromatic N) is 2. The monoisotopic (exact) mass is 250 g/mol. The molecular formula is C8H18N4O3S. The molecule has 0 radical (unpaired) electrons. The van der Waals surface area contributed by atoms with Crippen LogP contribution in [0.3, 0.4) is 0 Å². The fourth-order valence-electron chi connectivity index (χ4n) is 1.66. The summed E-state index contributed by atoms with van der Waals surface area (Å²) >= 11 is 0. The van der Waals surface area contributed by atoms with Gasteiger partial charge in [0.25, 0.3) is 10.2 Å². The smallest absolute Gasteiger partial charge is 0.279 e. The van der Waals surface area contributed by atoms with Gasteiger partial charge in [0.05, 0.1) is 6.54 Å². The summed E-state index contributed by atoms with van der Waals surface area (Å²) in [4.78, 5) is 0. The van der Waals surface area contributed by atoms with Gasteiger partial charge in [0.15, 0.2) is 5.84 Å². The van der Waals surface area contributed by atoms with Crippen LogP contribution in [0.15, 0.2) is 5.16 Å². The van der Waals surface area contributed by atoms with Gasteiger partial charge in [-0.05, 0) is 18.8 Å². The van der Waals surface area contributed by atoms with Crippen LogP contribution in [0.5, 0.6) is 0 Å². The van der Waals surface area contributed by atoms with E-state index in [0.29, 0.717) is 19.0 Å². The molecule has 0 amide bonds. The zero-order valence-corrected chi connectivity index (χ0v) is 10.1. The molecule has 0 spiro atoms. The van der Waals surface area contributed by atoms with Crippen LogP contribution in [0.2, 0.25) is 0 Å². The summed E-state index contributed by atoms with van der Waals surface area (Å²) < 4.78 is 27.2. The van der Waals surface area contributed by atoms with Crippen LogP contribution in [-0.2, 0) is 10.2 Å². The van der Waals surface area contributed by atoms with Crippen LogP contribution < -0.4 is 10.5 Å². The van der Waals surface area contributed by atoms with Gasteiger partial charge >= 0.3 is 0 Å². The highest BCUT2D eigenvalue weighted by molar-refractivity contribution is 7.87. The first kappa shape index (κ1) is 13.2. The van der Waals surface area contributed by atoms with Crippen LogP contribution in [0.25, 0.3) is 0 Å². The van der Waals surface area contributed by atoms with Crippen molar-refractivity contribution in [3.8, 4) is 0 Å². The van der Waals surface area contributed by atoms with Crippen LogP contribution >= 0.6 is 0 Å². The van der Waals surface area contributed by atoms with Crippen LogP contribution in [0.1, 0.15) is 19.8 Å². The normalized spacial score (nSPS) is 24.6. The molecule has 8 heteroatoms. The lowest BCUT2D eigenvalue weighted by Crippen LogP contribution is -2.47. The van der Waals surface area contributed by atoms with Crippen molar-refractivity contribution >= 4 is 16.0 Å². The van der Waals surface area contributed by atoms with Crippen LogP contribution in [-0.4, -0.2) is 43.4 Å². The Bertz CT molecular complexity index is 354. The van der Waals surface area contributed by atoms with E-state index in [0.717, 1.165) is 12.8 Å². The summed E-state index contributed by atoms with van der Waals surface area (Å²) in [6.45, 7) is 2.89. The van der Waals surface area contributed by atoms with Gasteiger partial charge in [-0.3, -0.25) is 0 Å². The molecule has 0 saturated carbocycles. The predicted octanol–water partition coefficient (Wildman–Crippen LogP) is -0.701. The maximum Gasteiger partial charge on any atom is 0.279 e. The van der Waals surface area contributed by atoms with Crippen molar-refractivity contribution in [2.24, 2.45) is 16.8 Å². The van der Waals surface area contributed by atoms with E-state index in [9.17, 15) is 8.42 Å². The van der Waals surface area contributed by atoms with E-state index in [2.05, 4.69) is 9.88 Å². The lowest BCUT2D eigenvalue weighted by atomic mass is 10.0. The summed E-state index contributed by atoms with van der Waals surface area (Å²) in [5.41, 5.74) is 5.19. The van der Waals surface area contributed by atoms with E-state index >= 15 is 0 Å². The third-order valence-corrected chi connectivity index (χ3v) is 4.04. The van der Waals surface area contributed by atoms with Crippen molar-refractivity contribution in [3.63, 3.8) is 0 Å². The molecule has 0 aromatic carbocycles. The number of oxime groups is 1. The van der Waals surface area contributed by atoms with Gasteiger partial charge in [-0.2, -0.15) is 17.4 Å². The molecule has 94 valence electrons. The number of rotatable bonds is 4. The molecule has 1 fully saturated rings. The van der Waals surface area contributed by atoms with E-state index in [1.807, 2.05) is 6.92 Å². The van der Waals surface area contributed by atoms with Crippen molar-refractivity contribution in [3.05, 3.63) is 0 Å². The van der Waals surface area contributed by atoms with Gasteiger partial charge in [0.1, 0.15) is 0 Å². The molecule has 7 nitrogen and oxygen atoms in total. The van der Waals surface area contributed by atoms with Gasteiger partial charge in [-0.25, -0.2) is 0 Å². The van der Waals surface area contributed by atoms with Crippen LogP contribution in [0.4, 0.5) is 0 Å². The second-order valence-corrected chi connectivity index (χ2v) is 5.78. The van der Waals surface area contributed by atoms with Crippen molar-refractivity contribution in [2.45, 2.75) is 19.8 Å². The third kappa shape index (κ3) is 3.62. The fourth-order valence-corrected chi connectivity index (χ4v) is 2.99. The maximum absolute atomic E-state index is 11.8. The Labute approximate surface area is 95.5 Å². The van der Waals surface area contributed by atoms with Crippen molar-refractivity contribution in [2.75, 3.05) is 19.6 Å². The van der Waals surface area contributed by atoms with Gasteiger partial charge in [-0.15, -0.1) is 0 Å². The SMILES string of the molecule is CC1CCCN(S(=O)(=O)NC/C(N)=N/O)C1. The number of nitrogens with two attached hydrogens (primary N) is 1. The zero-order chi connectivity index (χ0) is 12.2. The number of hydrogen-bond acceptors (Lipinski definition) is 4. The average Bonchev–Trinajstić information content (AvgIpc) is 2.26. The fraction of sp³-hybridized carbons (Fsp3) is 0.875. The molecule has 16 heavy (non-hydrogen) atoms. The Morgan fingerprint density at radius 3 is 2.94 bits per heavy atom. The highest BCUT2D eigenvalue weighted by atomic mass is 32.2. The average molecular weight is 250 g/mol. The van der Waals surface area contributed by atoms with E-state index < -0.39 is 10.2 Å². The molecule has 0 aliphatic carbocycles. The molecule has 1 aliphatic rings. The molecule has 0 aromatic rings. The summed E-state index contributed by atoms with van der Waals surface area (Å²) in [6, 6.07) is 0. The highest BCUT2D eigenvalue weighted by Crippen LogP contribution is 2.17.